The van der Waals surface area contributed by atoms with Gasteiger partial charge in [0, 0.05) is 6.04 Å². The van der Waals surface area contributed by atoms with Gasteiger partial charge in [-0.15, -0.1) is 11.3 Å². The standard InChI is InChI=1S/C18H26N2O4S/c1-11-6-4-7-14(12(11)2)20-17(22)13(3)24-16(21)10-19-18(23)15-8-5-9-25-15/h5,8-9,11-14H,4,6-7,10H2,1-3H3,(H,19,23)(H,20,22)/t11-,12-,13-,14+/m1/s1. The van der Waals surface area contributed by atoms with Crippen LogP contribution in [0.5, 0.6) is 0 Å². The molecule has 0 unspecified atom stereocenters. The second kappa shape index (κ2) is 8.99. The van der Waals surface area contributed by atoms with Gasteiger partial charge in [0.15, 0.2) is 6.10 Å². The summed E-state index contributed by atoms with van der Waals surface area (Å²) in [6.07, 6.45) is 2.35. The molecule has 0 spiro atoms. The third-order valence-corrected chi connectivity index (χ3v) is 5.72. The Bertz CT molecular complexity index is 602. The molecule has 0 bridgehead atoms. The summed E-state index contributed by atoms with van der Waals surface area (Å²) in [5, 5.41) is 7.26. The lowest BCUT2D eigenvalue weighted by atomic mass is 9.78. The molecule has 0 radical (unpaired) electrons. The van der Waals surface area contributed by atoms with Crippen molar-refractivity contribution in [2.75, 3.05) is 6.54 Å². The highest BCUT2D eigenvalue weighted by Gasteiger charge is 2.30. The van der Waals surface area contributed by atoms with Gasteiger partial charge in [-0.05, 0) is 36.6 Å². The number of ether oxygens (including phenoxy) is 1. The molecular weight excluding hydrogens is 340 g/mol. The number of esters is 1. The minimum Gasteiger partial charge on any atom is -0.451 e. The van der Waals surface area contributed by atoms with Crippen molar-refractivity contribution >= 4 is 29.1 Å². The highest BCUT2D eigenvalue weighted by atomic mass is 32.1. The van der Waals surface area contributed by atoms with Crippen LogP contribution in [0.2, 0.25) is 0 Å². The molecule has 1 aromatic rings. The third kappa shape index (κ3) is 5.56. The maximum atomic E-state index is 12.2. The summed E-state index contributed by atoms with van der Waals surface area (Å²) in [6, 6.07) is 3.56. The Morgan fingerprint density at radius 1 is 1.32 bits per heavy atom. The molecule has 6 nitrogen and oxygen atoms in total. The van der Waals surface area contributed by atoms with Gasteiger partial charge in [0.1, 0.15) is 6.54 Å². The van der Waals surface area contributed by atoms with Crippen LogP contribution in [0.4, 0.5) is 0 Å². The quantitative estimate of drug-likeness (QED) is 0.757. The van der Waals surface area contributed by atoms with E-state index in [2.05, 4.69) is 24.5 Å². The summed E-state index contributed by atoms with van der Waals surface area (Å²) in [5.74, 6) is -0.259. The molecule has 0 saturated heterocycles. The second-order valence-electron chi connectivity index (χ2n) is 6.67. The number of thiophene rings is 1. The Kier molecular flexibility index (Phi) is 6.99. The van der Waals surface area contributed by atoms with E-state index in [9.17, 15) is 14.4 Å². The van der Waals surface area contributed by atoms with Crippen molar-refractivity contribution in [3.63, 3.8) is 0 Å². The van der Waals surface area contributed by atoms with Crippen LogP contribution in [-0.2, 0) is 14.3 Å². The van der Waals surface area contributed by atoms with Crippen molar-refractivity contribution in [1.29, 1.82) is 0 Å². The van der Waals surface area contributed by atoms with E-state index >= 15 is 0 Å². The number of carbonyl (C=O) groups excluding carboxylic acids is 3. The molecule has 2 rings (SSSR count). The molecule has 1 aliphatic carbocycles. The van der Waals surface area contributed by atoms with E-state index in [-0.39, 0.29) is 24.4 Å². The molecule has 138 valence electrons. The molecule has 0 aromatic carbocycles. The Morgan fingerprint density at radius 3 is 2.76 bits per heavy atom. The highest BCUT2D eigenvalue weighted by molar-refractivity contribution is 7.12. The molecule has 4 atom stereocenters. The molecule has 7 heteroatoms. The first-order chi connectivity index (χ1) is 11.9. The van der Waals surface area contributed by atoms with Crippen LogP contribution >= 0.6 is 11.3 Å². The maximum Gasteiger partial charge on any atom is 0.326 e. The van der Waals surface area contributed by atoms with Crippen LogP contribution in [0.3, 0.4) is 0 Å². The monoisotopic (exact) mass is 366 g/mol. The summed E-state index contributed by atoms with van der Waals surface area (Å²) in [6.45, 7) is 5.63. The molecule has 1 saturated carbocycles. The van der Waals surface area contributed by atoms with E-state index in [0.717, 1.165) is 12.8 Å². The lowest BCUT2D eigenvalue weighted by Crippen LogP contribution is -2.48. The van der Waals surface area contributed by atoms with Crippen molar-refractivity contribution in [2.24, 2.45) is 11.8 Å². The summed E-state index contributed by atoms with van der Waals surface area (Å²) in [5.41, 5.74) is 0. The van der Waals surface area contributed by atoms with Gasteiger partial charge in [-0.3, -0.25) is 14.4 Å². The Labute approximate surface area is 152 Å². The van der Waals surface area contributed by atoms with Crippen molar-refractivity contribution < 1.29 is 19.1 Å². The van der Waals surface area contributed by atoms with Crippen molar-refractivity contribution in [3.05, 3.63) is 22.4 Å². The maximum absolute atomic E-state index is 12.2. The summed E-state index contributed by atoms with van der Waals surface area (Å²) in [7, 11) is 0. The van der Waals surface area contributed by atoms with E-state index in [1.54, 1.807) is 24.4 Å². The van der Waals surface area contributed by atoms with Crippen molar-refractivity contribution in [2.45, 2.75) is 52.2 Å². The fourth-order valence-corrected chi connectivity index (χ4v) is 3.67. The van der Waals surface area contributed by atoms with Crippen molar-refractivity contribution in [1.82, 2.24) is 10.6 Å². The van der Waals surface area contributed by atoms with E-state index in [1.165, 1.54) is 17.8 Å². The van der Waals surface area contributed by atoms with E-state index in [0.29, 0.717) is 16.7 Å². The van der Waals surface area contributed by atoms with E-state index < -0.39 is 12.1 Å². The van der Waals surface area contributed by atoms with Gasteiger partial charge >= 0.3 is 5.97 Å². The van der Waals surface area contributed by atoms with Gasteiger partial charge in [-0.2, -0.15) is 0 Å². The van der Waals surface area contributed by atoms with Crippen LogP contribution in [-0.4, -0.2) is 36.5 Å². The largest absolute Gasteiger partial charge is 0.451 e. The zero-order chi connectivity index (χ0) is 18.4. The van der Waals surface area contributed by atoms with Crippen LogP contribution < -0.4 is 10.6 Å². The minimum atomic E-state index is -0.879. The predicted molar refractivity (Wildman–Crippen MR) is 96.3 cm³/mol. The van der Waals surface area contributed by atoms with Crippen LogP contribution in [0.15, 0.2) is 17.5 Å². The van der Waals surface area contributed by atoms with Gasteiger partial charge in [0.2, 0.25) is 0 Å². The SMILES string of the molecule is C[C@@H]1[C@H](C)CCC[C@@H]1NC(=O)[C@@H](C)OC(=O)CNC(=O)c1cccs1. The van der Waals surface area contributed by atoms with E-state index in [4.69, 9.17) is 4.74 Å². The normalized spacial score (nSPS) is 24.2. The first-order valence-corrected chi connectivity index (χ1v) is 9.58. The molecule has 25 heavy (non-hydrogen) atoms. The number of rotatable bonds is 6. The summed E-state index contributed by atoms with van der Waals surface area (Å²) >= 11 is 1.29. The van der Waals surface area contributed by atoms with Gasteiger partial charge in [-0.1, -0.05) is 32.8 Å². The van der Waals surface area contributed by atoms with Crippen LogP contribution in [0.25, 0.3) is 0 Å². The molecule has 1 aliphatic rings. The fraction of sp³-hybridized carbons (Fsp3) is 0.611. The lowest BCUT2D eigenvalue weighted by Gasteiger charge is -2.35. The van der Waals surface area contributed by atoms with Crippen LogP contribution in [0, 0.1) is 11.8 Å². The molecule has 1 heterocycles. The first kappa shape index (κ1) is 19.4. The van der Waals surface area contributed by atoms with Gasteiger partial charge < -0.3 is 15.4 Å². The molecule has 0 aliphatic heterocycles. The first-order valence-electron chi connectivity index (χ1n) is 8.70. The fourth-order valence-electron chi connectivity index (χ4n) is 3.03. The van der Waals surface area contributed by atoms with Gasteiger partial charge in [0.05, 0.1) is 4.88 Å². The van der Waals surface area contributed by atoms with E-state index in [1.807, 2.05) is 0 Å². The number of hydrogen-bond donors (Lipinski definition) is 2. The molecular formula is C18H26N2O4S. The number of carbonyl (C=O) groups is 3. The number of nitrogens with one attached hydrogen (secondary N) is 2. The smallest absolute Gasteiger partial charge is 0.326 e. The average Bonchev–Trinajstić information content (AvgIpc) is 3.11. The zero-order valence-electron chi connectivity index (χ0n) is 14.9. The minimum absolute atomic E-state index is 0.121. The Morgan fingerprint density at radius 2 is 2.08 bits per heavy atom. The number of amides is 2. The topological polar surface area (TPSA) is 84.5 Å². The molecule has 1 aromatic heterocycles. The second-order valence-corrected chi connectivity index (χ2v) is 7.62. The highest BCUT2D eigenvalue weighted by Crippen LogP contribution is 2.29. The van der Waals surface area contributed by atoms with Gasteiger partial charge in [-0.25, -0.2) is 0 Å². The lowest BCUT2D eigenvalue weighted by molar-refractivity contribution is -0.154. The Hall–Kier alpha value is -1.89. The molecule has 1 fully saturated rings. The number of hydrogen-bond acceptors (Lipinski definition) is 5. The Balaban J connectivity index is 1.74. The summed E-state index contributed by atoms with van der Waals surface area (Å²) < 4.78 is 5.12. The zero-order valence-corrected chi connectivity index (χ0v) is 15.7. The molecule has 2 amide bonds. The average molecular weight is 366 g/mol. The van der Waals surface area contributed by atoms with Crippen LogP contribution in [0.1, 0.15) is 49.7 Å². The predicted octanol–water partition coefficient (Wildman–Crippen LogP) is 2.35. The van der Waals surface area contributed by atoms with Crippen molar-refractivity contribution in [3.8, 4) is 0 Å². The molecule has 2 N–H and O–H groups in total. The van der Waals surface area contributed by atoms with Gasteiger partial charge in [0.25, 0.3) is 11.8 Å². The summed E-state index contributed by atoms with van der Waals surface area (Å²) in [4.78, 5) is 36.4. The third-order valence-electron chi connectivity index (χ3n) is 4.85.